The van der Waals surface area contributed by atoms with Gasteiger partial charge in [-0.05, 0) is 12.0 Å². The summed E-state index contributed by atoms with van der Waals surface area (Å²) in [7, 11) is 2.04. The highest BCUT2D eigenvalue weighted by Gasteiger charge is 2.15. The molecule has 0 aliphatic carbocycles. The van der Waals surface area contributed by atoms with Crippen molar-refractivity contribution in [2.45, 2.75) is 26.2 Å². The van der Waals surface area contributed by atoms with Crippen LogP contribution in [-0.4, -0.2) is 30.1 Å². The van der Waals surface area contributed by atoms with E-state index in [-0.39, 0.29) is 5.78 Å². The fourth-order valence-corrected chi connectivity index (χ4v) is 2.13. The van der Waals surface area contributed by atoms with Crippen molar-refractivity contribution < 1.29 is 4.79 Å². The number of Topliss-reactive ketones (excluding diaryl/α,β-unsaturated/α-hetero) is 1. The van der Waals surface area contributed by atoms with Crippen LogP contribution in [0.4, 0.5) is 0 Å². The molecule has 0 saturated heterocycles. The van der Waals surface area contributed by atoms with E-state index in [0.29, 0.717) is 6.42 Å². The highest BCUT2D eigenvalue weighted by molar-refractivity contribution is 5.96. The molecule has 100 valence electrons. The Morgan fingerprint density at radius 1 is 1.32 bits per heavy atom. The van der Waals surface area contributed by atoms with E-state index in [1.165, 1.54) is 5.56 Å². The summed E-state index contributed by atoms with van der Waals surface area (Å²) in [5, 5.41) is 0. The lowest BCUT2D eigenvalue weighted by Gasteiger charge is -2.19. The van der Waals surface area contributed by atoms with Crippen molar-refractivity contribution in [3.05, 3.63) is 47.7 Å². The predicted octanol–water partition coefficient (Wildman–Crippen LogP) is 2.83. The Labute approximate surface area is 114 Å². The van der Waals surface area contributed by atoms with Gasteiger partial charge in [0.15, 0.2) is 5.78 Å². The zero-order chi connectivity index (χ0) is 13.7. The number of hydrogen-bond donors (Lipinski definition) is 0. The first-order valence-corrected chi connectivity index (χ1v) is 6.74. The summed E-state index contributed by atoms with van der Waals surface area (Å²) in [4.78, 5) is 18.4. The normalized spacial score (nSPS) is 15.6. The van der Waals surface area contributed by atoms with Gasteiger partial charge in [-0.25, -0.2) is 4.99 Å². The second-order valence-electron chi connectivity index (χ2n) is 4.81. The van der Waals surface area contributed by atoms with Gasteiger partial charge in [0, 0.05) is 38.2 Å². The fourth-order valence-electron chi connectivity index (χ4n) is 2.13. The van der Waals surface area contributed by atoms with Crippen LogP contribution in [0.5, 0.6) is 0 Å². The van der Waals surface area contributed by atoms with E-state index in [4.69, 9.17) is 0 Å². The molecule has 3 heteroatoms. The van der Waals surface area contributed by atoms with E-state index in [9.17, 15) is 4.79 Å². The van der Waals surface area contributed by atoms with Crippen LogP contribution in [0.3, 0.4) is 0 Å². The minimum Gasteiger partial charge on any atom is -0.363 e. The largest absolute Gasteiger partial charge is 0.363 e. The maximum atomic E-state index is 11.7. The van der Waals surface area contributed by atoms with Crippen LogP contribution >= 0.6 is 0 Å². The van der Waals surface area contributed by atoms with Crippen LogP contribution in [0.1, 0.15) is 25.3 Å². The summed E-state index contributed by atoms with van der Waals surface area (Å²) >= 11 is 0. The molecule has 0 radical (unpaired) electrons. The van der Waals surface area contributed by atoms with Crippen LogP contribution < -0.4 is 0 Å². The summed E-state index contributed by atoms with van der Waals surface area (Å²) in [6, 6.07) is 10.3. The maximum Gasteiger partial charge on any atom is 0.160 e. The molecule has 0 bridgehead atoms. The standard InChI is InChI=1S/C16H20N2O/c1-3-15(19)14-9-10-18(2)16(17-12-14)11-13-7-5-4-6-8-13/h4-8,12H,3,9-11H2,1-2H3. The number of carbonyl (C=O) groups is 1. The van der Waals surface area contributed by atoms with Gasteiger partial charge < -0.3 is 4.90 Å². The first kappa shape index (κ1) is 13.5. The smallest absolute Gasteiger partial charge is 0.160 e. The minimum atomic E-state index is 0.207. The van der Waals surface area contributed by atoms with Crippen molar-refractivity contribution in [3.8, 4) is 0 Å². The number of benzene rings is 1. The molecular weight excluding hydrogens is 236 g/mol. The van der Waals surface area contributed by atoms with Crippen molar-refractivity contribution in [2.75, 3.05) is 13.6 Å². The Kier molecular flexibility index (Phi) is 4.50. The van der Waals surface area contributed by atoms with E-state index in [1.807, 2.05) is 32.2 Å². The average molecular weight is 256 g/mol. The molecule has 1 aliphatic heterocycles. The molecule has 2 rings (SSSR count). The molecule has 0 N–H and O–H groups in total. The van der Waals surface area contributed by atoms with Gasteiger partial charge in [0.2, 0.25) is 0 Å². The molecule has 0 amide bonds. The van der Waals surface area contributed by atoms with Gasteiger partial charge in [-0.1, -0.05) is 37.3 Å². The van der Waals surface area contributed by atoms with Gasteiger partial charge in [0.1, 0.15) is 5.84 Å². The van der Waals surface area contributed by atoms with Gasteiger partial charge in [-0.3, -0.25) is 4.79 Å². The highest BCUT2D eigenvalue weighted by atomic mass is 16.1. The second-order valence-corrected chi connectivity index (χ2v) is 4.81. The van der Waals surface area contributed by atoms with Gasteiger partial charge >= 0.3 is 0 Å². The molecular formula is C16H20N2O. The predicted molar refractivity (Wildman–Crippen MR) is 78.2 cm³/mol. The molecule has 0 spiro atoms. The molecule has 19 heavy (non-hydrogen) atoms. The number of ketones is 1. The van der Waals surface area contributed by atoms with Crippen LogP contribution in [-0.2, 0) is 11.2 Å². The molecule has 3 nitrogen and oxygen atoms in total. The van der Waals surface area contributed by atoms with Crippen molar-refractivity contribution in [3.63, 3.8) is 0 Å². The highest BCUT2D eigenvalue weighted by Crippen LogP contribution is 2.13. The minimum absolute atomic E-state index is 0.207. The van der Waals surface area contributed by atoms with Crippen molar-refractivity contribution in [1.82, 2.24) is 4.90 Å². The number of carbonyl (C=O) groups excluding carboxylic acids is 1. The molecule has 1 aromatic carbocycles. The molecule has 1 aliphatic rings. The zero-order valence-electron chi connectivity index (χ0n) is 11.6. The third kappa shape index (κ3) is 3.53. The number of likely N-dealkylation sites (N-methyl/N-ethyl adjacent to an activating group) is 1. The summed E-state index contributed by atoms with van der Waals surface area (Å²) in [6.07, 6.45) is 3.90. The third-order valence-corrected chi connectivity index (χ3v) is 3.41. The van der Waals surface area contributed by atoms with Crippen molar-refractivity contribution in [1.29, 1.82) is 0 Å². The van der Waals surface area contributed by atoms with Crippen LogP contribution in [0.15, 0.2) is 47.1 Å². The summed E-state index contributed by atoms with van der Waals surface area (Å²) in [5.41, 5.74) is 2.09. The molecule has 0 atom stereocenters. The zero-order valence-corrected chi connectivity index (χ0v) is 11.6. The quantitative estimate of drug-likeness (QED) is 0.830. The fraction of sp³-hybridized carbons (Fsp3) is 0.375. The Morgan fingerprint density at radius 3 is 2.74 bits per heavy atom. The number of aliphatic imine (C=N–C) groups is 1. The summed E-state index contributed by atoms with van der Waals surface area (Å²) in [5.74, 6) is 1.23. The lowest BCUT2D eigenvalue weighted by molar-refractivity contribution is -0.115. The SMILES string of the molecule is CCC(=O)C1=CN=C(Cc2ccccc2)N(C)CC1. The Morgan fingerprint density at radius 2 is 2.05 bits per heavy atom. The molecule has 0 fully saturated rings. The molecule has 0 unspecified atom stereocenters. The first-order valence-electron chi connectivity index (χ1n) is 6.74. The number of nitrogens with zero attached hydrogens (tertiary/aromatic N) is 2. The molecule has 1 aromatic rings. The summed E-state index contributed by atoms with van der Waals surface area (Å²) in [6.45, 7) is 2.75. The Bertz CT molecular complexity index is 503. The first-order chi connectivity index (χ1) is 9.20. The van der Waals surface area contributed by atoms with Crippen molar-refractivity contribution >= 4 is 11.6 Å². The van der Waals surface area contributed by atoms with E-state index in [1.54, 1.807) is 6.20 Å². The summed E-state index contributed by atoms with van der Waals surface area (Å²) < 4.78 is 0. The second kappa shape index (κ2) is 6.32. The topological polar surface area (TPSA) is 32.7 Å². The van der Waals surface area contributed by atoms with Gasteiger partial charge in [-0.2, -0.15) is 0 Å². The number of rotatable bonds is 4. The van der Waals surface area contributed by atoms with Crippen molar-refractivity contribution in [2.24, 2.45) is 4.99 Å². The molecule has 1 heterocycles. The van der Waals surface area contributed by atoms with Gasteiger partial charge in [-0.15, -0.1) is 0 Å². The monoisotopic (exact) mass is 256 g/mol. The Balaban J connectivity index is 2.16. The average Bonchev–Trinajstić information content (AvgIpc) is 2.62. The van der Waals surface area contributed by atoms with E-state index in [2.05, 4.69) is 22.0 Å². The Hall–Kier alpha value is -1.90. The third-order valence-electron chi connectivity index (χ3n) is 3.41. The van der Waals surface area contributed by atoms with E-state index < -0.39 is 0 Å². The lowest BCUT2D eigenvalue weighted by atomic mass is 10.1. The maximum absolute atomic E-state index is 11.7. The number of hydrogen-bond acceptors (Lipinski definition) is 3. The van der Waals surface area contributed by atoms with Crippen LogP contribution in [0.2, 0.25) is 0 Å². The molecule has 0 aromatic heterocycles. The van der Waals surface area contributed by atoms with E-state index >= 15 is 0 Å². The lowest BCUT2D eigenvalue weighted by Crippen LogP contribution is -2.28. The van der Waals surface area contributed by atoms with Crippen LogP contribution in [0.25, 0.3) is 0 Å². The van der Waals surface area contributed by atoms with Gasteiger partial charge in [0.05, 0.1) is 0 Å². The van der Waals surface area contributed by atoms with Gasteiger partial charge in [0.25, 0.3) is 0 Å². The van der Waals surface area contributed by atoms with E-state index in [0.717, 1.165) is 30.8 Å². The molecule has 0 saturated carbocycles. The number of amidine groups is 1. The van der Waals surface area contributed by atoms with Crippen LogP contribution in [0, 0.1) is 0 Å².